The van der Waals surface area contributed by atoms with Gasteiger partial charge in [-0.05, 0) is 45.7 Å². The third-order valence-electron chi connectivity index (χ3n) is 4.76. The molecule has 2 aliphatic heterocycles. The first-order valence-electron chi connectivity index (χ1n) is 8.64. The van der Waals surface area contributed by atoms with E-state index >= 15 is 0 Å². The number of likely N-dealkylation sites (tertiary alicyclic amines) is 1. The van der Waals surface area contributed by atoms with Crippen molar-refractivity contribution in [3.63, 3.8) is 0 Å². The van der Waals surface area contributed by atoms with E-state index in [9.17, 15) is 4.79 Å². The van der Waals surface area contributed by atoms with Crippen LogP contribution in [0.3, 0.4) is 0 Å². The highest BCUT2D eigenvalue weighted by Gasteiger charge is 2.32. The lowest BCUT2D eigenvalue weighted by molar-refractivity contribution is -0.0715. The van der Waals surface area contributed by atoms with Gasteiger partial charge in [0.15, 0.2) is 0 Å². The zero-order valence-corrected chi connectivity index (χ0v) is 14.4. The minimum Gasteiger partial charge on any atom is -0.373 e. The Hall–Kier alpha value is -1.46. The summed E-state index contributed by atoms with van der Waals surface area (Å²) in [6, 6.07) is 4.10. The molecule has 0 saturated carbocycles. The molecule has 5 heteroatoms. The first kappa shape index (κ1) is 16.4. The Bertz CT molecular complexity index is 536. The van der Waals surface area contributed by atoms with Crippen molar-refractivity contribution in [1.82, 2.24) is 14.8 Å². The monoisotopic (exact) mass is 317 g/mol. The lowest BCUT2D eigenvalue weighted by Gasteiger charge is -2.38. The van der Waals surface area contributed by atoms with E-state index in [1.54, 1.807) is 6.20 Å². The molecule has 1 amide bonds. The number of rotatable bonds is 3. The molecule has 0 radical (unpaired) electrons. The normalized spacial score (nSPS) is 29.0. The Morgan fingerprint density at radius 2 is 2.04 bits per heavy atom. The summed E-state index contributed by atoms with van der Waals surface area (Å²) in [5.74, 6) is 0.120. The highest BCUT2D eigenvalue weighted by atomic mass is 16.5. The number of nitrogens with zero attached hydrogens (tertiary/aromatic N) is 3. The molecule has 126 valence electrons. The van der Waals surface area contributed by atoms with Crippen molar-refractivity contribution in [2.24, 2.45) is 0 Å². The summed E-state index contributed by atoms with van der Waals surface area (Å²) >= 11 is 0. The number of pyridine rings is 1. The predicted octanol–water partition coefficient (Wildman–Crippen LogP) is 2.10. The number of ether oxygens (including phenoxy) is 1. The number of hydrogen-bond donors (Lipinski definition) is 0. The summed E-state index contributed by atoms with van der Waals surface area (Å²) < 4.78 is 5.81. The largest absolute Gasteiger partial charge is 0.373 e. The van der Waals surface area contributed by atoms with Crippen LogP contribution < -0.4 is 0 Å². The molecule has 0 aromatic carbocycles. The van der Waals surface area contributed by atoms with Crippen LogP contribution in [0.5, 0.6) is 0 Å². The molecule has 2 fully saturated rings. The molecule has 23 heavy (non-hydrogen) atoms. The predicted molar refractivity (Wildman–Crippen MR) is 89.5 cm³/mol. The van der Waals surface area contributed by atoms with E-state index < -0.39 is 0 Å². The van der Waals surface area contributed by atoms with Gasteiger partial charge in [-0.2, -0.15) is 0 Å². The molecule has 0 spiro atoms. The van der Waals surface area contributed by atoms with E-state index in [1.165, 1.54) is 0 Å². The standard InChI is InChI=1S/C18H27N3O2/c1-13-6-7-16(9-19-13)18(22)21-8-4-5-17(21)12-20-10-14(2)23-15(3)11-20/h6-7,9,14-15,17H,4-5,8,10-12H2,1-3H3/t14-,15-,17-/m1/s1. The quantitative estimate of drug-likeness (QED) is 0.856. The zero-order chi connectivity index (χ0) is 16.4. The first-order chi connectivity index (χ1) is 11.0. The molecule has 0 bridgehead atoms. The second-order valence-corrected chi connectivity index (χ2v) is 6.96. The lowest BCUT2D eigenvalue weighted by atomic mass is 10.1. The fourth-order valence-corrected chi connectivity index (χ4v) is 3.78. The molecule has 0 N–H and O–H groups in total. The van der Waals surface area contributed by atoms with Gasteiger partial charge in [-0.3, -0.25) is 14.7 Å². The van der Waals surface area contributed by atoms with Crippen LogP contribution in [0.15, 0.2) is 18.3 Å². The molecule has 2 aliphatic rings. The maximum atomic E-state index is 12.8. The Labute approximate surface area is 138 Å². The number of amides is 1. The third-order valence-corrected chi connectivity index (χ3v) is 4.76. The Morgan fingerprint density at radius 3 is 2.70 bits per heavy atom. The summed E-state index contributed by atoms with van der Waals surface area (Å²) in [4.78, 5) is 21.5. The van der Waals surface area contributed by atoms with Gasteiger partial charge in [0.1, 0.15) is 0 Å². The Kier molecular flexibility index (Phi) is 4.97. The van der Waals surface area contributed by atoms with Gasteiger partial charge < -0.3 is 9.64 Å². The molecule has 5 nitrogen and oxygen atoms in total. The fourth-order valence-electron chi connectivity index (χ4n) is 3.78. The molecule has 0 aliphatic carbocycles. The van der Waals surface area contributed by atoms with Crippen LogP contribution in [0, 0.1) is 6.92 Å². The molecule has 3 atom stereocenters. The SMILES string of the molecule is Cc1ccc(C(=O)N2CCC[C@@H]2CN2C[C@@H](C)O[C@H](C)C2)cn1. The second kappa shape index (κ2) is 6.97. The Morgan fingerprint density at radius 1 is 1.30 bits per heavy atom. The van der Waals surface area contributed by atoms with Gasteiger partial charge >= 0.3 is 0 Å². The van der Waals surface area contributed by atoms with Crippen LogP contribution in [0.4, 0.5) is 0 Å². The lowest BCUT2D eigenvalue weighted by Crippen LogP contribution is -2.50. The van der Waals surface area contributed by atoms with Gasteiger partial charge in [0, 0.05) is 44.1 Å². The molecular weight excluding hydrogens is 290 g/mol. The zero-order valence-electron chi connectivity index (χ0n) is 14.4. The number of carbonyl (C=O) groups is 1. The molecule has 2 saturated heterocycles. The number of aromatic nitrogens is 1. The minimum absolute atomic E-state index is 0.120. The molecule has 1 aromatic heterocycles. The van der Waals surface area contributed by atoms with Crippen molar-refractivity contribution < 1.29 is 9.53 Å². The number of aryl methyl sites for hydroxylation is 1. The van der Waals surface area contributed by atoms with E-state index in [-0.39, 0.29) is 18.1 Å². The van der Waals surface area contributed by atoms with Crippen LogP contribution in [0.2, 0.25) is 0 Å². The average molecular weight is 317 g/mol. The van der Waals surface area contributed by atoms with Crippen LogP contribution in [-0.2, 0) is 4.74 Å². The fraction of sp³-hybridized carbons (Fsp3) is 0.667. The summed E-state index contributed by atoms with van der Waals surface area (Å²) in [7, 11) is 0. The number of morpholine rings is 1. The number of carbonyl (C=O) groups excluding carboxylic acids is 1. The smallest absolute Gasteiger partial charge is 0.255 e. The van der Waals surface area contributed by atoms with Gasteiger partial charge in [0.05, 0.1) is 17.8 Å². The number of hydrogen-bond acceptors (Lipinski definition) is 4. The molecular formula is C18H27N3O2. The highest BCUT2D eigenvalue weighted by Crippen LogP contribution is 2.22. The molecule has 3 rings (SSSR count). The van der Waals surface area contributed by atoms with E-state index in [0.717, 1.165) is 44.7 Å². The average Bonchev–Trinajstić information content (AvgIpc) is 2.94. The maximum Gasteiger partial charge on any atom is 0.255 e. The van der Waals surface area contributed by atoms with Crippen molar-refractivity contribution in [3.8, 4) is 0 Å². The molecule has 3 heterocycles. The van der Waals surface area contributed by atoms with Crippen molar-refractivity contribution >= 4 is 5.91 Å². The van der Waals surface area contributed by atoms with E-state index in [4.69, 9.17) is 4.74 Å². The second-order valence-electron chi connectivity index (χ2n) is 6.96. The van der Waals surface area contributed by atoms with Gasteiger partial charge in [0.2, 0.25) is 0 Å². The molecule has 1 aromatic rings. The third kappa shape index (κ3) is 3.90. The van der Waals surface area contributed by atoms with Gasteiger partial charge in [-0.1, -0.05) is 0 Å². The first-order valence-corrected chi connectivity index (χ1v) is 8.64. The van der Waals surface area contributed by atoms with E-state index in [2.05, 4.69) is 23.7 Å². The van der Waals surface area contributed by atoms with E-state index in [1.807, 2.05) is 24.0 Å². The van der Waals surface area contributed by atoms with Gasteiger partial charge in [-0.15, -0.1) is 0 Å². The summed E-state index contributed by atoms with van der Waals surface area (Å²) in [6.45, 7) is 9.89. The summed E-state index contributed by atoms with van der Waals surface area (Å²) in [5, 5.41) is 0. The Balaban J connectivity index is 1.65. The summed E-state index contributed by atoms with van der Waals surface area (Å²) in [5.41, 5.74) is 1.64. The van der Waals surface area contributed by atoms with E-state index in [0.29, 0.717) is 11.6 Å². The minimum atomic E-state index is 0.120. The van der Waals surface area contributed by atoms with Gasteiger partial charge in [0.25, 0.3) is 5.91 Å². The molecule has 0 unspecified atom stereocenters. The maximum absolute atomic E-state index is 12.8. The van der Waals surface area contributed by atoms with Crippen LogP contribution in [0.25, 0.3) is 0 Å². The van der Waals surface area contributed by atoms with Crippen molar-refractivity contribution in [1.29, 1.82) is 0 Å². The van der Waals surface area contributed by atoms with Crippen LogP contribution in [0.1, 0.15) is 42.7 Å². The highest BCUT2D eigenvalue weighted by molar-refractivity contribution is 5.94. The summed E-state index contributed by atoms with van der Waals surface area (Å²) in [6.07, 6.45) is 4.42. The van der Waals surface area contributed by atoms with Crippen LogP contribution >= 0.6 is 0 Å². The van der Waals surface area contributed by atoms with Crippen molar-refractivity contribution in [2.75, 3.05) is 26.2 Å². The van der Waals surface area contributed by atoms with Crippen LogP contribution in [-0.4, -0.2) is 65.1 Å². The van der Waals surface area contributed by atoms with Crippen molar-refractivity contribution in [3.05, 3.63) is 29.6 Å². The topological polar surface area (TPSA) is 45.7 Å². The van der Waals surface area contributed by atoms with Gasteiger partial charge in [-0.25, -0.2) is 0 Å². The van der Waals surface area contributed by atoms with Crippen molar-refractivity contribution in [2.45, 2.75) is 51.9 Å².